The lowest BCUT2D eigenvalue weighted by molar-refractivity contribution is -0.115. The van der Waals surface area contributed by atoms with Crippen molar-refractivity contribution in [1.82, 2.24) is 5.32 Å². The zero-order valence-corrected chi connectivity index (χ0v) is 14.7. The summed E-state index contributed by atoms with van der Waals surface area (Å²) in [5.41, 5.74) is 1.63. The van der Waals surface area contributed by atoms with E-state index in [-0.39, 0.29) is 18.5 Å². The number of methoxy groups -OCH3 is 2. The third kappa shape index (κ3) is 4.88. The highest BCUT2D eigenvalue weighted by Crippen LogP contribution is 2.28. The summed E-state index contributed by atoms with van der Waals surface area (Å²) in [6, 6.07) is 12.8. The monoisotopic (exact) mass is 348 g/mol. The van der Waals surface area contributed by atoms with Gasteiger partial charge in [-0.15, -0.1) is 0 Å². The van der Waals surface area contributed by atoms with Crippen LogP contribution >= 0.6 is 11.6 Å². The molecule has 24 heavy (non-hydrogen) atoms. The minimum atomic E-state index is -0.164. The van der Waals surface area contributed by atoms with Gasteiger partial charge in [0, 0.05) is 17.1 Å². The second-order valence-electron chi connectivity index (χ2n) is 5.27. The lowest BCUT2D eigenvalue weighted by Gasteiger charge is -2.15. The summed E-state index contributed by atoms with van der Waals surface area (Å²) in [6.45, 7) is 2.16. The molecule has 0 aliphatic rings. The third-order valence-corrected chi connectivity index (χ3v) is 3.87. The molecule has 0 aliphatic carbocycles. The van der Waals surface area contributed by atoms with Crippen LogP contribution in [0.25, 0.3) is 0 Å². The van der Waals surface area contributed by atoms with E-state index in [4.69, 9.17) is 21.1 Å². The summed E-state index contributed by atoms with van der Waals surface area (Å²) in [5.74, 6) is 1.06. The molecule has 1 atom stereocenters. The topological polar surface area (TPSA) is 59.6 Å². The molecule has 1 amide bonds. The fourth-order valence-electron chi connectivity index (χ4n) is 2.22. The zero-order chi connectivity index (χ0) is 17.5. The van der Waals surface area contributed by atoms with E-state index in [0.717, 1.165) is 5.56 Å². The van der Waals surface area contributed by atoms with Crippen molar-refractivity contribution < 1.29 is 14.3 Å². The summed E-state index contributed by atoms with van der Waals surface area (Å²) >= 11 is 5.88. The number of benzene rings is 2. The van der Waals surface area contributed by atoms with E-state index >= 15 is 0 Å². The van der Waals surface area contributed by atoms with Crippen LogP contribution in [0, 0.1) is 0 Å². The van der Waals surface area contributed by atoms with Gasteiger partial charge in [-0.3, -0.25) is 4.79 Å². The van der Waals surface area contributed by atoms with Gasteiger partial charge in [-0.1, -0.05) is 23.7 Å². The number of anilines is 1. The molecule has 0 radical (unpaired) electrons. The van der Waals surface area contributed by atoms with Gasteiger partial charge in [0.05, 0.1) is 26.5 Å². The highest BCUT2D eigenvalue weighted by Gasteiger charge is 2.11. The number of rotatable bonds is 7. The number of carbonyl (C=O) groups excluding carboxylic acids is 1. The number of carbonyl (C=O) groups is 1. The van der Waals surface area contributed by atoms with Gasteiger partial charge >= 0.3 is 0 Å². The van der Waals surface area contributed by atoms with Crippen LogP contribution in [-0.2, 0) is 4.79 Å². The normalized spacial score (nSPS) is 11.7. The zero-order valence-electron chi connectivity index (χ0n) is 13.9. The van der Waals surface area contributed by atoms with E-state index in [1.165, 1.54) is 0 Å². The van der Waals surface area contributed by atoms with Gasteiger partial charge in [-0.25, -0.2) is 0 Å². The highest BCUT2D eigenvalue weighted by atomic mass is 35.5. The molecule has 0 unspecified atom stereocenters. The van der Waals surface area contributed by atoms with Gasteiger partial charge in [0.25, 0.3) is 0 Å². The molecular formula is C18H21ClN2O3. The molecule has 5 nitrogen and oxygen atoms in total. The number of nitrogens with one attached hydrogen (secondary N) is 2. The fraction of sp³-hybridized carbons (Fsp3) is 0.278. The average Bonchev–Trinajstić information content (AvgIpc) is 2.60. The predicted molar refractivity (Wildman–Crippen MR) is 96.0 cm³/mol. The van der Waals surface area contributed by atoms with Crippen LogP contribution in [0.4, 0.5) is 5.69 Å². The lowest BCUT2D eigenvalue weighted by atomic mass is 10.1. The Hall–Kier alpha value is -2.24. The second-order valence-corrected chi connectivity index (χ2v) is 5.70. The van der Waals surface area contributed by atoms with Crippen LogP contribution in [0.3, 0.4) is 0 Å². The molecule has 2 aromatic carbocycles. The second kappa shape index (κ2) is 8.57. The van der Waals surface area contributed by atoms with Crippen molar-refractivity contribution in [3.05, 3.63) is 53.1 Å². The lowest BCUT2D eigenvalue weighted by Crippen LogP contribution is -2.30. The van der Waals surface area contributed by atoms with Crippen molar-refractivity contribution in [1.29, 1.82) is 0 Å². The fourth-order valence-corrected chi connectivity index (χ4v) is 2.35. The molecule has 0 aromatic heterocycles. The van der Waals surface area contributed by atoms with Crippen LogP contribution in [0.5, 0.6) is 11.5 Å². The number of hydrogen-bond acceptors (Lipinski definition) is 4. The molecule has 0 spiro atoms. The molecule has 2 rings (SSSR count). The van der Waals surface area contributed by atoms with Crippen molar-refractivity contribution in [3.8, 4) is 11.5 Å². The maximum Gasteiger partial charge on any atom is 0.238 e. The van der Waals surface area contributed by atoms with Gasteiger partial charge in [-0.2, -0.15) is 0 Å². The minimum Gasteiger partial charge on any atom is -0.497 e. The molecular weight excluding hydrogens is 328 g/mol. The molecule has 2 N–H and O–H groups in total. The first-order valence-electron chi connectivity index (χ1n) is 7.54. The van der Waals surface area contributed by atoms with Gasteiger partial charge in [-0.05, 0) is 36.8 Å². The Labute approximate surface area is 146 Å². The molecule has 0 bridgehead atoms. The van der Waals surface area contributed by atoms with Crippen LogP contribution in [0.2, 0.25) is 5.02 Å². The average molecular weight is 349 g/mol. The molecule has 0 fully saturated rings. The maximum absolute atomic E-state index is 12.2. The van der Waals surface area contributed by atoms with E-state index in [1.807, 2.05) is 31.2 Å². The van der Waals surface area contributed by atoms with E-state index in [9.17, 15) is 4.79 Å². The van der Waals surface area contributed by atoms with Crippen LogP contribution in [0.1, 0.15) is 18.5 Å². The summed E-state index contributed by atoms with van der Waals surface area (Å²) in [6.07, 6.45) is 0. The summed E-state index contributed by atoms with van der Waals surface area (Å²) in [5, 5.41) is 6.69. The van der Waals surface area contributed by atoms with Crippen molar-refractivity contribution in [2.24, 2.45) is 0 Å². The minimum absolute atomic E-state index is 0.0280. The number of ether oxygens (including phenoxy) is 2. The van der Waals surface area contributed by atoms with E-state index in [0.29, 0.717) is 22.2 Å². The molecule has 128 valence electrons. The molecule has 6 heteroatoms. The van der Waals surface area contributed by atoms with Crippen molar-refractivity contribution in [2.45, 2.75) is 13.0 Å². The Bertz CT molecular complexity index is 689. The van der Waals surface area contributed by atoms with E-state index in [2.05, 4.69) is 10.6 Å². The van der Waals surface area contributed by atoms with Gasteiger partial charge in [0.2, 0.25) is 5.91 Å². The maximum atomic E-state index is 12.2. The molecule has 0 aliphatic heterocycles. The van der Waals surface area contributed by atoms with Gasteiger partial charge in [0.1, 0.15) is 11.5 Å². The highest BCUT2D eigenvalue weighted by molar-refractivity contribution is 6.30. The number of amides is 1. The Balaban J connectivity index is 1.94. The third-order valence-electron chi connectivity index (χ3n) is 3.62. The first-order valence-corrected chi connectivity index (χ1v) is 7.92. The van der Waals surface area contributed by atoms with Crippen molar-refractivity contribution in [2.75, 3.05) is 26.1 Å². The molecule has 0 saturated heterocycles. The quantitative estimate of drug-likeness (QED) is 0.802. The van der Waals surface area contributed by atoms with E-state index < -0.39 is 0 Å². The summed E-state index contributed by atoms with van der Waals surface area (Å²) in [4.78, 5) is 12.2. The number of hydrogen-bond donors (Lipinski definition) is 2. The largest absolute Gasteiger partial charge is 0.497 e. The SMILES string of the molecule is COc1ccc(OC)c(NC(=O)CN[C@H](C)c2ccc(Cl)cc2)c1. The molecule has 0 heterocycles. The Kier molecular flexibility index (Phi) is 6.46. The van der Waals surface area contributed by atoms with Crippen LogP contribution in [-0.4, -0.2) is 26.7 Å². The Morgan fingerprint density at radius 1 is 1.12 bits per heavy atom. The van der Waals surface area contributed by atoms with Crippen LogP contribution < -0.4 is 20.1 Å². The van der Waals surface area contributed by atoms with Crippen molar-refractivity contribution in [3.63, 3.8) is 0 Å². The smallest absolute Gasteiger partial charge is 0.238 e. The molecule has 0 saturated carbocycles. The first-order chi connectivity index (χ1) is 11.5. The van der Waals surface area contributed by atoms with E-state index in [1.54, 1.807) is 32.4 Å². The predicted octanol–water partition coefficient (Wildman–Crippen LogP) is 3.65. The summed E-state index contributed by atoms with van der Waals surface area (Å²) in [7, 11) is 3.13. The van der Waals surface area contributed by atoms with Crippen molar-refractivity contribution >= 4 is 23.2 Å². The number of halogens is 1. The Morgan fingerprint density at radius 3 is 2.46 bits per heavy atom. The standard InChI is InChI=1S/C18H21ClN2O3/c1-12(13-4-6-14(19)7-5-13)20-11-18(22)21-16-10-15(23-2)8-9-17(16)24-3/h4-10,12,20H,11H2,1-3H3,(H,21,22)/t12-/m1/s1. The molecule has 2 aromatic rings. The van der Waals surface area contributed by atoms with Crippen LogP contribution in [0.15, 0.2) is 42.5 Å². The van der Waals surface area contributed by atoms with Gasteiger partial charge in [0.15, 0.2) is 0 Å². The Morgan fingerprint density at radius 2 is 1.83 bits per heavy atom. The van der Waals surface area contributed by atoms with Gasteiger partial charge < -0.3 is 20.1 Å². The summed E-state index contributed by atoms with van der Waals surface area (Å²) < 4.78 is 10.4. The first kappa shape index (κ1) is 18.1.